The highest BCUT2D eigenvalue weighted by Gasteiger charge is 2.34. The van der Waals surface area contributed by atoms with E-state index in [1.807, 2.05) is 12.1 Å². The third kappa shape index (κ3) is 3.07. The standard InChI is InChI=1S/C15H11F3N4OS/c1-7-6-10(15(16,17)18)22-13(20-7)11(12(19)23)14-21-8-4-2-3-5-9(8)24-14/h2-6,21H,1H3,(H2,19,23)/b14-11-. The lowest BCUT2D eigenvalue weighted by atomic mass is 10.2. The van der Waals surface area contributed by atoms with Gasteiger partial charge in [0.2, 0.25) is 0 Å². The Balaban J connectivity index is 2.13. The number of hydrogen-bond donors (Lipinski definition) is 2. The molecule has 3 N–H and O–H groups in total. The Hall–Kier alpha value is -2.55. The van der Waals surface area contributed by atoms with Crippen LogP contribution in [0.4, 0.5) is 18.9 Å². The Kier molecular flexibility index (Phi) is 3.96. The van der Waals surface area contributed by atoms with Crippen LogP contribution in [-0.4, -0.2) is 15.9 Å². The molecule has 2 heterocycles. The fraction of sp³-hybridized carbons (Fsp3) is 0.133. The average molecular weight is 352 g/mol. The topological polar surface area (TPSA) is 80.9 Å². The fourth-order valence-corrected chi connectivity index (χ4v) is 3.23. The number of rotatable bonds is 2. The first-order valence-electron chi connectivity index (χ1n) is 6.77. The van der Waals surface area contributed by atoms with Crippen LogP contribution in [0.2, 0.25) is 0 Å². The zero-order chi connectivity index (χ0) is 17.5. The van der Waals surface area contributed by atoms with Gasteiger partial charge in [-0.05, 0) is 25.1 Å². The van der Waals surface area contributed by atoms with Gasteiger partial charge in [0.15, 0.2) is 5.82 Å². The number of nitrogens with two attached hydrogens (primary N) is 1. The summed E-state index contributed by atoms with van der Waals surface area (Å²) in [5, 5.41) is 3.28. The molecular weight excluding hydrogens is 341 g/mol. The van der Waals surface area contributed by atoms with E-state index in [2.05, 4.69) is 15.3 Å². The first kappa shape index (κ1) is 16.3. The molecule has 3 rings (SSSR count). The minimum atomic E-state index is -4.64. The summed E-state index contributed by atoms with van der Waals surface area (Å²) in [7, 11) is 0. The van der Waals surface area contributed by atoms with Crippen molar-refractivity contribution < 1.29 is 18.0 Å². The Labute approximate surface area is 139 Å². The molecular formula is C15H11F3N4OS. The van der Waals surface area contributed by atoms with Crippen molar-refractivity contribution in [3.8, 4) is 0 Å². The maximum absolute atomic E-state index is 13.0. The Morgan fingerprint density at radius 3 is 2.58 bits per heavy atom. The number of aryl methyl sites for hydroxylation is 1. The first-order valence-corrected chi connectivity index (χ1v) is 7.58. The number of carbonyl (C=O) groups excluding carboxylic acids is 1. The monoisotopic (exact) mass is 352 g/mol. The molecule has 0 atom stereocenters. The molecule has 124 valence electrons. The lowest BCUT2D eigenvalue weighted by Gasteiger charge is -2.11. The molecule has 24 heavy (non-hydrogen) atoms. The molecule has 1 amide bonds. The molecule has 9 heteroatoms. The largest absolute Gasteiger partial charge is 0.433 e. The van der Waals surface area contributed by atoms with Crippen molar-refractivity contribution in [2.24, 2.45) is 5.73 Å². The van der Waals surface area contributed by atoms with Crippen molar-refractivity contribution in [3.05, 3.63) is 52.6 Å². The van der Waals surface area contributed by atoms with Crippen LogP contribution in [-0.2, 0) is 11.0 Å². The number of thioether (sulfide) groups is 1. The van der Waals surface area contributed by atoms with Crippen molar-refractivity contribution >= 4 is 28.9 Å². The summed E-state index contributed by atoms with van der Waals surface area (Å²) in [6.07, 6.45) is -4.64. The molecule has 1 aliphatic heterocycles. The van der Waals surface area contributed by atoms with Crippen molar-refractivity contribution in [2.45, 2.75) is 18.0 Å². The van der Waals surface area contributed by atoms with Crippen LogP contribution in [0.15, 0.2) is 40.3 Å². The highest BCUT2D eigenvalue weighted by Crippen LogP contribution is 2.43. The maximum Gasteiger partial charge on any atom is 0.433 e. The van der Waals surface area contributed by atoms with Gasteiger partial charge in [0, 0.05) is 10.6 Å². The van der Waals surface area contributed by atoms with Gasteiger partial charge in [-0.15, -0.1) is 0 Å². The number of fused-ring (bicyclic) bond motifs is 1. The molecule has 1 aliphatic rings. The number of alkyl halides is 3. The smallest absolute Gasteiger partial charge is 0.365 e. The van der Waals surface area contributed by atoms with E-state index in [0.717, 1.165) is 16.6 Å². The van der Waals surface area contributed by atoms with Crippen LogP contribution in [0.5, 0.6) is 0 Å². The molecule has 5 nitrogen and oxygen atoms in total. The highest BCUT2D eigenvalue weighted by molar-refractivity contribution is 8.04. The molecule has 0 saturated carbocycles. The van der Waals surface area contributed by atoms with Gasteiger partial charge in [-0.3, -0.25) is 4.79 Å². The summed E-state index contributed by atoms with van der Waals surface area (Å²) in [5.41, 5.74) is 4.91. The summed E-state index contributed by atoms with van der Waals surface area (Å²) in [6.45, 7) is 1.40. The number of anilines is 1. The molecule has 0 unspecified atom stereocenters. The summed E-state index contributed by atoms with van der Waals surface area (Å²) in [4.78, 5) is 20.1. The minimum absolute atomic E-state index is 0.0900. The van der Waals surface area contributed by atoms with Gasteiger partial charge in [0.25, 0.3) is 5.91 Å². The predicted octanol–water partition coefficient (Wildman–Crippen LogP) is 3.18. The summed E-state index contributed by atoms with van der Waals surface area (Å²) >= 11 is 1.19. The maximum atomic E-state index is 13.0. The van der Waals surface area contributed by atoms with Gasteiger partial charge < -0.3 is 11.1 Å². The predicted molar refractivity (Wildman–Crippen MR) is 83.8 cm³/mol. The third-order valence-corrected chi connectivity index (χ3v) is 4.28. The number of nitrogens with one attached hydrogen (secondary N) is 1. The highest BCUT2D eigenvalue weighted by atomic mass is 32.2. The fourth-order valence-electron chi connectivity index (χ4n) is 2.18. The summed E-state index contributed by atoms with van der Waals surface area (Å²) in [6, 6.07) is 8.02. The van der Waals surface area contributed by atoms with Crippen molar-refractivity contribution in [2.75, 3.05) is 5.32 Å². The van der Waals surface area contributed by atoms with E-state index in [1.54, 1.807) is 12.1 Å². The van der Waals surface area contributed by atoms with E-state index in [-0.39, 0.29) is 17.1 Å². The number of halogens is 3. The van der Waals surface area contributed by atoms with E-state index < -0.39 is 17.8 Å². The molecule has 0 saturated heterocycles. The van der Waals surface area contributed by atoms with Crippen LogP contribution >= 0.6 is 11.8 Å². The number of hydrogen-bond acceptors (Lipinski definition) is 5. The molecule has 1 aromatic carbocycles. The Morgan fingerprint density at radius 2 is 1.96 bits per heavy atom. The summed E-state index contributed by atoms with van der Waals surface area (Å²) < 4.78 is 38.9. The molecule has 1 aromatic heterocycles. The van der Waals surface area contributed by atoms with E-state index in [4.69, 9.17) is 5.73 Å². The van der Waals surface area contributed by atoms with Crippen LogP contribution < -0.4 is 11.1 Å². The second-order valence-electron chi connectivity index (χ2n) is 5.01. The first-order chi connectivity index (χ1) is 11.3. The van der Waals surface area contributed by atoms with Gasteiger partial charge in [-0.2, -0.15) is 13.2 Å². The zero-order valence-corrected chi connectivity index (χ0v) is 13.1. The molecule has 2 aromatic rings. The average Bonchev–Trinajstić information content (AvgIpc) is 2.88. The number of benzene rings is 1. The summed E-state index contributed by atoms with van der Waals surface area (Å²) in [5.74, 6) is -1.26. The van der Waals surface area contributed by atoms with E-state index in [0.29, 0.717) is 5.03 Å². The van der Waals surface area contributed by atoms with Crippen molar-refractivity contribution in [1.29, 1.82) is 0 Å². The number of nitrogens with zero attached hydrogens (tertiary/aromatic N) is 2. The number of aromatic nitrogens is 2. The second-order valence-corrected chi connectivity index (χ2v) is 6.06. The zero-order valence-electron chi connectivity index (χ0n) is 12.3. The number of carbonyl (C=O) groups is 1. The van der Waals surface area contributed by atoms with Gasteiger partial charge >= 0.3 is 6.18 Å². The van der Waals surface area contributed by atoms with E-state index in [9.17, 15) is 18.0 Å². The number of primary amides is 1. The Bertz CT molecular complexity index is 837. The normalized spacial score (nSPS) is 15.7. The quantitative estimate of drug-likeness (QED) is 0.812. The molecule has 0 aliphatic carbocycles. The van der Waals surface area contributed by atoms with Crippen molar-refractivity contribution in [3.63, 3.8) is 0 Å². The SMILES string of the molecule is Cc1cc(C(F)(F)F)nc(/C(C(N)=O)=C2/Nc3ccccc3S2)n1. The lowest BCUT2D eigenvalue weighted by Crippen LogP contribution is -2.20. The van der Waals surface area contributed by atoms with Crippen LogP contribution in [0.25, 0.3) is 5.57 Å². The van der Waals surface area contributed by atoms with Crippen LogP contribution in [0, 0.1) is 6.92 Å². The number of para-hydroxylation sites is 1. The third-order valence-electron chi connectivity index (χ3n) is 3.19. The van der Waals surface area contributed by atoms with Crippen LogP contribution in [0.3, 0.4) is 0 Å². The van der Waals surface area contributed by atoms with Crippen LogP contribution in [0.1, 0.15) is 17.2 Å². The second kappa shape index (κ2) is 5.82. The molecule has 0 spiro atoms. The van der Waals surface area contributed by atoms with E-state index >= 15 is 0 Å². The molecule has 0 fully saturated rings. The number of amides is 1. The lowest BCUT2D eigenvalue weighted by molar-refractivity contribution is -0.141. The van der Waals surface area contributed by atoms with E-state index in [1.165, 1.54) is 18.7 Å². The van der Waals surface area contributed by atoms with Gasteiger partial charge in [-0.25, -0.2) is 9.97 Å². The van der Waals surface area contributed by atoms with Crippen molar-refractivity contribution in [1.82, 2.24) is 9.97 Å². The van der Waals surface area contributed by atoms with Gasteiger partial charge in [0.1, 0.15) is 11.3 Å². The molecule has 0 radical (unpaired) electrons. The molecule has 0 bridgehead atoms. The minimum Gasteiger partial charge on any atom is -0.365 e. The van der Waals surface area contributed by atoms with Gasteiger partial charge in [-0.1, -0.05) is 23.9 Å². The van der Waals surface area contributed by atoms with Gasteiger partial charge in [0.05, 0.1) is 10.7 Å². The Morgan fingerprint density at radius 1 is 1.25 bits per heavy atom.